The van der Waals surface area contributed by atoms with E-state index in [1.165, 1.54) is 19.4 Å². The predicted octanol–water partition coefficient (Wildman–Crippen LogP) is 2.44. The molecule has 1 aliphatic rings. The van der Waals surface area contributed by atoms with Crippen LogP contribution in [0.15, 0.2) is 0 Å². The van der Waals surface area contributed by atoms with Crippen molar-refractivity contribution in [2.45, 2.75) is 39.7 Å². The van der Waals surface area contributed by atoms with E-state index in [2.05, 4.69) is 38.3 Å². The van der Waals surface area contributed by atoms with Gasteiger partial charge in [-0.25, -0.2) is 0 Å². The average Bonchev–Trinajstić information content (AvgIpc) is 2.29. The molecule has 0 aromatic carbocycles. The molecular formula is C12H25NOS. The van der Waals surface area contributed by atoms with Crippen LogP contribution >= 0.6 is 12.6 Å². The fourth-order valence-electron chi connectivity index (χ4n) is 2.17. The molecule has 1 saturated heterocycles. The van der Waals surface area contributed by atoms with Crippen molar-refractivity contribution >= 4 is 12.6 Å². The van der Waals surface area contributed by atoms with E-state index in [1.807, 2.05) is 0 Å². The maximum Gasteiger partial charge on any atom is 0.0619 e. The third-order valence-corrected chi connectivity index (χ3v) is 4.55. The van der Waals surface area contributed by atoms with E-state index in [-0.39, 0.29) is 0 Å². The van der Waals surface area contributed by atoms with Gasteiger partial charge in [0.25, 0.3) is 0 Å². The summed E-state index contributed by atoms with van der Waals surface area (Å²) in [5.74, 6) is 0.990. The van der Waals surface area contributed by atoms with Crippen LogP contribution in [-0.2, 0) is 4.74 Å². The second-order valence-corrected chi connectivity index (χ2v) is 5.08. The normalized spacial score (nSPS) is 24.4. The molecule has 1 heterocycles. The number of nitrogens with zero attached hydrogens (tertiary/aromatic N) is 1. The van der Waals surface area contributed by atoms with Gasteiger partial charge >= 0.3 is 0 Å². The summed E-state index contributed by atoms with van der Waals surface area (Å²) in [5.41, 5.74) is 0.398. The Morgan fingerprint density at radius 2 is 2.07 bits per heavy atom. The van der Waals surface area contributed by atoms with Gasteiger partial charge in [-0.15, -0.1) is 0 Å². The summed E-state index contributed by atoms with van der Waals surface area (Å²) < 4.78 is 5.47. The number of ether oxygens (including phenoxy) is 1. The predicted molar refractivity (Wildman–Crippen MR) is 68.7 cm³/mol. The molecule has 0 N–H and O–H groups in total. The van der Waals surface area contributed by atoms with Gasteiger partial charge in [-0.2, -0.15) is 12.6 Å². The van der Waals surface area contributed by atoms with Gasteiger partial charge < -0.3 is 4.74 Å². The zero-order valence-corrected chi connectivity index (χ0v) is 11.2. The Morgan fingerprint density at radius 3 is 2.53 bits per heavy atom. The summed E-state index contributed by atoms with van der Waals surface area (Å²) in [7, 11) is 0. The lowest BCUT2D eigenvalue weighted by molar-refractivity contribution is -0.0185. The van der Waals surface area contributed by atoms with Gasteiger partial charge in [-0.1, -0.05) is 13.8 Å². The molecule has 0 radical (unpaired) electrons. The fourth-order valence-corrected chi connectivity index (χ4v) is 2.72. The zero-order chi connectivity index (χ0) is 11.3. The lowest BCUT2D eigenvalue weighted by atomic mass is 9.83. The summed E-state index contributed by atoms with van der Waals surface area (Å²) in [4.78, 5) is 2.56. The fraction of sp³-hybridized carbons (Fsp3) is 1.00. The highest BCUT2D eigenvalue weighted by Crippen LogP contribution is 2.30. The monoisotopic (exact) mass is 231 g/mol. The van der Waals surface area contributed by atoms with E-state index in [4.69, 9.17) is 4.74 Å². The molecule has 0 aromatic heterocycles. The molecule has 0 spiro atoms. The van der Waals surface area contributed by atoms with Crippen LogP contribution in [0, 0.1) is 5.41 Å². The molecule has 0 bridgehead atoms. The molecule has 90 valence electrons. The Hall–Kier alpha value is 0.270. The first-order valence-corrected chi connectivity index (χ1v) is 6.73. The molecule has 1 atom stereocenters. The minimum absolute atomic E-state index is 0.398. The number of hydrogen-bond donors (Lipinski definition) is 1. The van der Waals surface area contributed by atoms with Crippen LogP contribution in [0.5, 0.6) is 0 Å². The van der Waals surface area contributed by atoms with Gasteiger partial charge in [-0.05, 0) is 30.9 Å². The average molecular weight is 231 g/mol. The summed E-state index contributed by atoms with van der Waals surface area (Å²) >= 11 is 4.53. The van der Waals surface area contributed by atoms with Crippen LogP contribution in [0.2, 0.25) is 0 Å². The molecule has 1 unspecified atom stereocenters. The minimum atomic E-state index is 0.398. The standard InChI is InChI=1S/C12H25NOS/c1-4-12(5-2,10-15)9-13-6-7-14-8-11(13)3/h11,15H,4-10H2,1-3H3. The van der Waals surface area contributed by atoms with Crippen LogP contribution in [0.4, 0.5) is 0 Å². The molecule has 0 saturated carbocycles. The molecule has 1 aliphatic heterocycles. The first kappa shape index (κ1) is 13.3. The maximum absolute atomic E-state index is 5.47. The largest absolute Gasteiger partial charge is 0.379 e. The Labute approximate surface area is 99.8 Å². The molecule has 1 fully saturated rings. The second-order valence-electron chi connectivity index (χ2n) is 4.76. The van der Waals surface area contributed by atoms with Crippen molar-refractivity contribution in [3.05, 3.63) is 0 Å². The molecule has 0 amide bonds. The molecule has 0 aliphatic carbocycles. The Balaban J connectivity index is 2.56. The highest BCUT2D eigenvalue weighted by molar-refractivity contribution is 7.80. The molecule has 3 heteroatoms. The van der Waals surface area contributed by atoms with E-state index in [0.29, 0.717) is 11.5 Å². The van der Waals surface area contributed by atoms with Crippen LogP contribution in [0.3, 0.4) is 0 Å². The van der Waals surface area contributed by atoms with Crippen molar-refractivity contribution in [3.8, 4) is 0 Å². The molecule has 1 rings (SSSR count). The van der Waals surface area contributed by atoms with E-state index in [0.717, 1.165) is 25.5 Å². The van der Waals surface area contributed by atoms with Gasteiger partial charge in [0, 0.05) is 19.1 Å². The molecular weight excluding hydrogens is 206 g/mol. The number of thiol groups is 1. The van der Waals surface area contributed by atoms with E-state index in [1.54, 1.807) is 0 Å². The smallest absolute Gasteiger partial charge is 0.0619 e. The summed E-state index contributed by atoms with van der Waals surface area (Å²) in [6, 6.07) is 0.566. The topological polar surface area (TPSA) is 12.5 Å². The van der Waals surface area contributed by atoms with Crippen LogP contribution < -0.4 is 0 Å². The number of hydrogen-bond acceptors (Lipinski definition) is 3. The Kier molecular flexibility index (Phi) is 5.44. The molecule has 15 heavy (non-hydrogen) atoms. The van der Waals surface area contributed by atoms with Crippen LogP contribution in [0.1, 0.15) is 33.6 Å². The Morgan fingerprint density at radius 1 is 1.40 bits per heavy atom. The second kappa shape index (κ2) is 6.12. The van der Waals surface area contributed by atoms with Crippen LogP contribution in [0.25, 0.3) is 0 Å². The minimum Gasteiger partial charge on any atom is -0.379 e. The Bertz CT molecular complexity index is 174. The van der Waals surface area contributed by atoms with Gasteiger partial charge in [0.05, 0.1) is 13.2 Å². The van der Waals surface area contributed by atoms with Crippen molar-refractivity contribution < 1.29 is 4.74 Å². The van der Waals surface area contributed by atoms with Crippen molar-refractivity contribution in [3.63, 3.8) is 0 Å². The van der Waals surface area contributed by atoms with Gasteiger partial charge in [0.1, 0.15) is 0 Å². The first-order valence-electron chi connectivity index (χ1n) is 6.10. The van der Waals surface area contributed by atoms with Gasteiger partial charge in [0.2, 0.25) is 0 Å². The van der Waals surface area contributed by atoms with Crippen molar-refractivity contribution in [2.24, 2.45) is 5.41 Å². The highest BCUT2D eigenvalue weighted by Gasteiger charge is 2.30. The van der Waals surface area contributed by atoms with Gasteiger partial charge in [0.15, 0.2) is 0 Å². The van der Waals surface area contributed by atoms with Gasteiger partial charge in [-0.3, -0.25) is 4.90 Å². The van der Waals surface area contributed by atoms with E-state index >= 15 is 0 Å². The highest BCUT2D eigenvalue weighted by atomic mass is 32.1. The lowest BCUT2D eigenvalue weighted by Crippen LogP contribution is -2.49. The number of rotatable bonds is 5. The van der Waals surface area contributed by atoms with E-state index < -0.39 is 0 Å². The van der Waals surface area contributed by atoms with Crippen molar-refractivity contribution in [1.29, 1.82) is 0 Å². The molecule has 0 aromatic rings. The summed E-state index contributed by atoms with van der Waals surface area (Å²) in [6.07, 6.45) is 2.44. The SMILES string of the molecule is CCC(CC)(CS)CN1CCOCC1C. The maximum atomic E-state index is 5.47. The first-order chi connectivity index (χ1) is 7.17. The third-order valence-electron chi connectivity index (χ3n) is 3.88. The lowest BCUT2D eigenvalue weighted by Gasteiger charge is -2.41. The zero-order valence-electron chi connectivity index (χ0n) is 10.3. The quantitative estimate of drug-likeness (QED) is 0.730. The van der Waals surface area contributed by atoms with E-state index in [9.17, 15) is 0 Å². The summed E-state index contributed by atoms with van der Waals surface area (Å²) in [6.45, 7) is 10.9. The number of morpholine rings is 1. The van der Waals surface area contributed by atoms with Crippen molar-refractivity contribution in [1.82, 2.24) is 4.90 Å². The van der Waals surface area contributed by atoms with Crippen molar-refractivity contribution in [2.75, 3.05) is 32.1 Å². The summed E-state index contributed by atoms with van der Waals surface area (Å²) in [5, 5.41) is 0. The molecule has 2 nitrogen and oxygen atoms in total. The van der Waals surface area contributed by atoms with Crippen LogP contribution in [-0.4, -0.2) is 43.0 Å². The third kappa shape index (κ3) is 3.36.